The molecule has 1 aromatic rings. The van der Waals surface area contributed by atoms with Gasteiger partial charge < -0.3 is 10.2 Å². The number of rotatable bonds is 3. The SMILES string of the molecule is C[C@H]1CCCC[C@@H]1NC(=O)C1CCN(C(=O)c2cccs2)CC1. The van der Waals surface area contributed by atoms with E-state index in [1.54, 1.807) is 0 Å². The third-order valence-corrected chi connectivity index (χ3v) is 6.18. The van der Waals surface area contributed by atoms with E-state index in [9.17, 15) is 9.59 Å². The number of piperidine rings is 1. The molecular formula is C18H26N2O2S. The number of carbonyl (C=O) groups is 2. The number of carbonyl (C=O) groups excluding carboxylic acids is 2. The Labute approximate surface area is 142 Å². The van der Waals surface area contributed by atoms with Crippen molar-refractivity contribution in [3.05, 3.63) is 22.4 Å². The van der Waals surface area contributed by atoms with Crippen molar-refractivity contribution in [2.45, 2.75) is 51.5 Å². The van der Waals surface area contributed by atoms with Crippen molar-refractivity contribution in [1.29, 1.82) is 0 Å². The molecule has 5 heteroatoms. The van der Waals surface area contributed by atoms with Crippen LogP contribution in [0.4, 0.5) is 0 Å². The Bertz CT molecular complexity index is 535. The summed E-state index contributed by atoms with van der Waals surface area (Å²) < 4.78 is 0. The smallest absolute Gasteiger partial charge is 0.263 e. The van der Waals surface area contributed by atoms with Crippen molar-refractivity contribution >= 4 is 23.2 Å². The van der Waals surface area contributed by atoms with Crippen molar-refractivity contribution in [1.82, 2.24) is 10.2 Å². The zero-order valence-corrected chi connectivity index (χ0v) is 14.6. The number of hydrogen-bond acceptors (Lipinski definition) is 3. The Morgan fingerprint density at radius 2 is 1.91 bits per heavy atom. The third-order valence-electron chi connectivity index (χ3n) is 5.32. The summed E-state index contributed by atoms with van der Waals surface area (Å²) in [7, 11) is 0. The van der Waals surface area contributed by atoms with Gasteiger partial charge in [0, 0.05) is 25.0 Å². The van der Waals surface area contributed by atoms with Crippen LogP contribution in [0, 0.1) is 11.8 Å². The highest BCUT2D eigenvalue weighted by Crippen LogP contribution is 2.25. The Balaban J connectivity index is 1.48. The molecule has 1 saturated heterocycles. The van der Waals surface area contributed by atoms with E-state index in [-0.39, 0.29) is 17.7 Å². The third kappa shape index (κ3) is 3.94. The molecular weight excluding hydrogens is 308 g/mol. The van der Waals surface area contributed by atoms with E-state index in [2.05, 4.69) is 12.2 Å². The summed E-state index contributed by atoms with van der Waals surface area (Å²) in [6, 6.07) is 4.13. The minimum Gasteiger partial charge on any atom is -0.353 e. The van der Waals surface area contributed by atoms with E-state index in [1.807, 2.05) is 22.4 Å². The molecule has 126 valence electrons. The molecule has 23 heavy (non-hydrogen) atoms. The standard InChI is InChI=1S/C18H26N2O2S/c1-13-5-2-3-6-15(13)19-17(21)14-8-10-20(11-9-14)18(22)16-7-4-12-23-16/h4,7,12-15H,2-3,5-6,8-11H2,1H3,(H,19,21)/t13-,15-/m0/s1. The second-order valence-corrected chi connectivity index (χ2v) is 7.87. The number of likely N-dealkylation sites (tertiary alicyclic amines) is 1. The number of nitrogens with one attached hydrogen (secondary N) is 1. The van der Waals surface area contributed by atoms with Crippen LogP contribution in [0.5, 0.6) is 0 Å². The van der Waals surface area contributed by atoms with E-state index >= 15 is 0 Å². The van der Waals surface area contributed by atoms with Crippen LogP contribution in [0.25, 0.3) is 0 Å². The zero-order valence-electron chi connectivity index (χ0n) is 13.8. The van der Waals surface area contributed by atoms with Gasteiger partial charge >= 0.3 is 0 Å². The molecule has 1 aliphatic carbocycles. The lowest BCUT2D eigenvalue weighted by Gasteiger charge is -2.34. The lowest BCUT2D eigenvalue weighted by molar-refractivity contribution is -0.127. The first-order valence-corrected chi connectivity index (χ1v) is 9.66. The van der Waals surface area contributed by atoms with Gasteiger partial charge in [-0.2, -0.15) is 0 Å². The molecule has 0 radical (unpaired) electrons. The molecule has 2 heterocycles. The summed E-state index contributed by atoms with van der Waals surface area (Å²) in [4.78, 5) is 27.5. The van der Waals surface area contributed by atoms with Crippen molar-refractivity contribution in [2.24, 2.45) is 11.8 Å². The van der Waals surface area contributed by atoms with Gasteiger partial charge in [0.2, 0.25) is 5.91 Å². The van der Waals surface area contributed by atoms with Gasteiger partial charge in [-0.25, -0.2) is 0 Å². The monoisotopic (exact) mass is 334 g/mol. The Morgan fingerprint density at radius 1 is 1.17 bits per heavy atom. The van der Waals surface area contributed by atoms with E-state index in [4.69, 9.17) is 0 Å². The largest absolute Gasteiger partial charge is 0.353 e. The second-order valence-electron chi connectivity index (χ2n) is 6.92. The van der Waals surface area contributed by atoms with Gasteiger partial charge in [-0.3, -0.25) is 9.59 Å². The Morgan fingerprint density at radius 3 is 2.57 bits per heavy atom. The Hall–Kier alpha value is -1.36. The number of amides is 2. The zero-order chi connectivity index (χ0) is 16.2. The summed E-state index contributed by atoms with van der Waals surface area (Å²) in [5.41, 5.74) is 0. The minimum absolute atomic E-state index is 0.0662. The fraction of sp³-hybridized carbons (Fsp3) is 0.667. The first kappa shape index (κ1) is 16.5. The molecule has 2 atom stereocenters. The molecule has 2 aliphatic rings. The molecule has 1 aromatic heterocycles. The predicted octanol–water partition coefficient (Wildman–Crippen LogP) is 3.30. The summed E-state index contributed by atoms with van der Waals surface area (Å²) in [5, 5.41) is 5.20. The van der Waals surface area contributed by atoms with Gasteiger partial charge in [0.25, 0.3) is 5.91 Å². The molecule has 0 aromatic carbocycles. The van der Waals surface area contributed by atoms with E-state index in [0.717, 1.165) is 24.1 Å². The lowest BCUT2D eigenvalue weighted by atomic mass is 9.85. The Kier molecular flexibility index (Phi) is 5.36. The van der Waals surface area contributed by atoms with Crippen molar-refractivity contribution in [2.75, 3.05) is 13.1 Å². The van der Waals surface area contributed by atoms with Crippen molar-refractivity contribution in [3.63, 3.8) is 0 Å². The van der Waals surface area contributed by atoms with Crippen LogP contribution in [0.1, 0.15) is 55.1 Å². The van der Waals surface area contributed by atoms with Gasteiger partial charge in [0.05, 0.1) is 4.88 Å². The van der Waals surface area contributed by atoms with Gasteiger partial charge in [0.1, 0.15) is 0 Å². The number of hydrogen-bond donors (Lipinski definition) is 1. The number of nitrogens with zero attached hydrogens (tertiary/aromatic N) is 1. The van der Waals surface area contributed by atoms with E-state index in [1.165, 1.54) is 30.6 Å². The number of thiophene rings is 1. The molecule has 2 fully saturated rings. The predicted molar refractivity (Wildman–Crippen MR) is 92.5 cm³/mol. The highest BCUT2D eigenvalue weighted by molar-refractivity contribution is 7.12. The highest BCUT2D eigenvalue weighted by Gasteiger charge is 2.30. The van der Waals surface area contributed by atoms with Gasteiger partial charge in [-0.1, -0.05) is 25.8 Å². The normalized spacial score (nSPS) is 26.0. The summed E-state index contributed by atoms with van der Waals surface area (Å²) >= 11 is 1.48. The van der Waals surface area contributed by atoms with Crippen LogP contribution in [0.3, 0.4) is 0 Å². The summed E-state index contributed by atoms with van der Waals surface area (Å²) in [5.74, 6) is 0.969. The molecule has 4 nitrogen and oxygen atoms in total. The lowest BCUT2D eigenvalue weighted by Crippen LogP contribution is -2.47. The molecule has 1 saturated carbocycles. The first-order valence-electron chi connectivity index (χ1n) is 8.78. The van der Waals surface area contributed by atoms with Crippen LogP contribution in [0.2, 0.25) is 0 Å². The summed E-state index contributed by atoms with van der Waals surface area (Å²) in [6.45, 7) is 3.62. The quantitative estimate of drug-likeness (QED) is 0.922. The van der Waals surface area contributed by atoms with Crippen molar-refractivity contribution < 1.29 is 9.59 Å². The minimum atomic E-state index is 0.0662. The molecule has 0 unspecified atom stereocenters. The first-order chi connectivity index (χ1) is 11.1. The van der Waals surface area contributed by atoms with E-state index < -0.39 is 0 Å². The van der Waals surface area contributed by atoms with Gasteiger partial charge in [-0.05, 0) is 43.0 Å². The van der Waals surface area contributed by atoms with Crippen LogP contribution >= 0.6 is 11.3 Å². The summed E-state index contributed by atoms with van der Waals surface area (Å²) in [6.07, 6.45) is 6.41. The molecule has 3 rings (SSSR count). The molecule has 0 spiro atoms. The van der Waals surface area contributed by atoms with E-state index in [0.29, 0.717) is 25.0 Å². The van der Waals surface area contributed by atoms with Crippen LogP contribution < -0.4 is 5.32 Å². The fourth-order valence-corrected chi connectivity index (χ4v) is 4.42. The average Bonchev–Trinajstić information content (AvgIpc) is 3.11. The molecule has 2 amide bonds. The molecule has 0 bridgehead atoms. The van der Waals surface area contributed by atoms with Crippen LogP contribution in [-0.2, 0) is 4.79 Å². The molecule has 1 aliphatic heterocycles. The molecule has 1 N–H and O–H groups in total. The van der Waals surface area contributed by atoms with Gasteiger partial charge in [0.15, 0.2) is 0 Å². The van der Waals surface area contributed by atoms with Crippen LogP contribution in [0.15, 0.2) is 17.5 Å². The van der Waals surface area contributed by atoms with Crippen LogP contribution in [-0.4, -0.2) is 35.8 Å². The van der Waals surface area contributed by atoms with Crippen molar-refractivity contribution in [3.8, 4) is 0 Å². The van der Waals surface area contributed by atoms with Gasteiger partial charge in [-0.15, -0.1) is 11.3 Å². The topological polar surface area (TPSA) is 49.4 Å². The maximum absolute atomic E-state index is 12.5. The maximum Gasteiger partial charge on any atom is 0.263 e. The fourth-order valence-electron chi connectivity index (χ4n) is 3.73. The average molecular weight is 334 g/mol. The second kappa shape index (κ2) is 7.47. The maximum atomic E-state index is 12.5. The highest BCUT2D eigenvalue weighted by atomic mass is 32.1.